The summed E-state index contributed by atoms with van der Waals surface area (Å²) in [5.74, 6) is 2.38. The highest BCUT2D eigenvalue weighted by atomic mass is 15.0. The zero-order chi connectivity index (χ0) is 11.2. The first-order valence-electron chi connectivity index (χ1n) is 5.90. The lowest BCUT2D eigenvalue weighted by atomic mass is 10.1. The Morgan fingerprint density at radius 3 is 2.94 bits per heavy atom. The average Bonchev–Trinajstić information content (AvgIpc) is 2.59. The molecule has 1 N–H and O–H groups in total. The molecular formula is C12H18N4. The first-order valence-corrected chi connectivity index (χ1v) is 5.90. The van der Waals surface area contributed by atoms with Crippen LogP contribution in [0.4, 0.5) is 0 Å². The molecule has 1 aliphatic rings. The van der Waals surface area contributed by atoms with E-state index in [0.29, 0.717) is 5.92 Å². The van der Waals surface area contributed by atoms with Gasteiger partial charge in [0.2, 0.25) is 0 Å². The Labute approximate surface area is 96.2 Å². The highest BCUT2D eigenvalue weighted by molar-refractivity contribution is 5.84. The molecule has 2 rings (SSSR count). The van der Waals surface area contributed by atoms with Crippen molar-refractivity contribution in [3.05, 3.63) is 24.3 Å². The molecule has 1 aromatic rings. The number of rotatable bonds is 3. The summed E-state index contributed by atoms with van der Waals surface area (Å²) < 4.78 is 0. The van der Waals surface area contributed by atoms with Crippen LogP contribution in [0.3, 0.4) is 0 Å². The van der Waals surface area contributed by atoms with Crippen LogP contribution >= 0.6 is 0 Å². The van der Waals surface area contributed by atoms with Crippen LogP contribution in [0.25, 0.3) is 0 Å². The molecule has 0 aliphatic carbocycles. The van der Waals surface area contributed by atoms with Crippen molar-refractivity contribution in [2.75, 3.05) is 13.1 Å². The van der Waals surface area contributed by atoms with Gasteiger partial charge < -0.3 is 5.32 Å². The summed E-state index contributed by atoms with van der Waals surface area (Å²) in [6.45, 7) is 4.16. The normalized spacial score (nSPS) is 18.2. The van der Waals surface area contributed by atoms with E-state index in [9.17, 15) is 0 Å². The monoisotopic (exact) mass is 218 g/mol. The molecule has 0 bridgehead atoms. The maximum Gasteiger partial charge on any atom is 0.128 e. The number of hydrogen-bond acceptors (Lipinski definition) is 4. The van der Waals surface area contributed by atoms with Crippen LogP contribution in [0, 0.1) is 5.92 Å². The van der Waals surface area contributed by atoms with E-state index < -0.39 is 0 Å². The fraction of sp³-hybridized carbons (Fsp3) is 0.583. The number of nitrogens with zero attached hydrogens (tertiary/aromatic N) is 3. The quantitative estimate of drug-likeness (QED) is 0.835. The third kappa shape index (κ3) is 3.02. The molecule has 0 saturated heterocycles. The number of aliphatic imine (C=N–C) groups is 1. The van der Waals surface area contributed by atoms with Crippen LogP contribution < -0.4 is 5.32 Å². The van der Waals surface area contributed by atoms with Crippen LogP contribution in [-0.2, 0) is 6.42 Å². The molecule has 0 radical (unpaired) electrons. The second-order valence-corrected chi connectivity index (χ2v) is 4.17. The molecular weight excluding hydrogens is 200 g/mol. The minimum absolute atomic E-state index is 0.375. The molecule has 4 heteroatoms. The molecule has 0 saturated carbocycles. The Hall–Kier alpha value is -1.45. The van der Waals surface area contributed by atoms with Gasteiger partial charge in [-0.1, -0.05) is 6.92 Å². The van der Waals surface area contributed by atoms with Gasteiger partial charge in [0.15, 0.2) is 0 Å². The Kier molecular flexibility index (Phi) is 3.86. The SMILES string of the molecule is CC(Cc1ncccn1)C1=NCCCCN1. The van der Waals surface area contributed by atoms with Crippen LogP contribution in [-0.4, -0.2) is 28.9 Å². The Morgan fingerprint density at radius 2 is 2.12 bits per heavy atom. The van der Waals surface area contributed by atoms with E-state index in [0.717, 1.165) is 31.2 Å². The zero-order valence-electron chi connectivity index (χ0n) is 9.69. The summed E-state index contributed by atoms with van der Waals surface area (Å²) in [5.41, 5.74) is 0. The lowest BCUT2D eigenvalue weighted by molar-refractivity contribution is 0.685. The number of aromatic nitrogens is 2. The van der Waals surface area contributed by atoms with Gasteiger partial charge in [-0.2, -0.15) is 0 Å². The molecule has 0 fully saturated rings. The second-order valence-electron chi connectivity index (χ2n) is 4.17. The van der Waals surface area contributed by atoms with Gasteiger partial charge in [-0.25, -0.2) is 9.97 Å². The van der Waals surface area contributed by atoms with E-state index in [-0.39, 0.29) is 0 Å². The summed E-state index contributed by atoms with van der Waals surface area (Å²) in [6.07, 6.45) is 6.83. The summed E-state index contributed by atoms with van der Waals surface area (Å²) in [6, 6.07) is 1.84. The van der Waals surface area contributed by atoms with E-state index in [1.807, 2.05) is 6.07 Å². The van der Waals surface area contributed by atoms with Crippen molar-refractivity contribution in [3.63, 3.8) is 0 Å². The second kappa shape index (κ2) is 5.58. The number of amidine groups is 1. The smallest absolute Gasteiger partial charge is 0.128 e. The van der Waals surface area contributed by atoms with Gasteiger partial charge in [0.25, 0.3) is 0 Å². The molecule has 2 heterocycles. The van der Waals surface area contributed by atoms with Crippen molar-refractivity contribution in [3.8, 4) is 0 Å². The maximum absolute atomic E-state index is 4.57. The first-order chi connectivity index (χ1) is 7.86. The molecule has 1 unspecified atom stereocenters. The maximum atomic E-state index is 4.57. The topological polar surface area (TPSA) is 50.2 Å². The van der Waals surface area contributed by atoms with Crippen molar-refractivity contribution < 1.29 is 0 Å². The van der Waals surface area contributed by atoms with Gasteiger partial charge in [0, 0.05) is 37.8 Å². The summed E-state index contributed by atoms with van der Waals surface area (Å²) in [7, 11) is 0. The van der Waals surface area contributed by atoms with E-state index in [1.54, 1.807) is 12.4 Å². The molecule has 1 atom stereocenters. The van der Waals surface area contributed by atoms with Crippen LogP contribution in [0.15, 0.2) is 23.5 Å². The summed E-state index contributed by atoms with van der Waals surface area (Å²) in [5, 5.41) is 3.40. The Bertz CT molecular complexity index is 347. The Balaban J connectivity index is 1.97. The van der Waals surface area contributed by atoms with Crippen LogP contribution in [0.5, 0.6) is 0 Å². The van der Waals surface area contributed by atoms with Gasteiger partial charge >= 0.3 is 0 Å². The van der Waals surface area contributed by atoms with Crippen molar-refractivity contribution in [1.29, 1.82) is 0 Å². The van der Waals surface area contributed by atoms with Gasteiger partial charge in [-0.15, -0.1) is 0 Å². The predicted octanol–water partition coefficient (Wildman–Crippen LogP) is 1.44. The van der Waals surface area contributed by atoms with Crippen molar-refractivity contribution >= 4 is 5.84 Å². The first kappa shape index (κ1) is 11.0. The standard InChI is InChI=1S/C12H18N4/c1-10(9-11-13-7-4-8-14-11)12-15-5-2-3-6-16-12/h4,7-8,10H,2-3,5-6,9H2,1H3,(H,15,16). The highest BCUT2D eigenvalue weighted by Crippen LogP contribution is 2.07. The van der Waals surface area contributed by atoms with E-state index in [2.05, 4.69) is 27.2 Å². The molecule has 1 aliphatic heterocycles. The van der Waals surface area contributed by atoms with Gasteiger partial charge in [0.1, 0.15) is 5.82 Å². The molecule has 0 aromatic carbocycles. The minimum Gasteiger partial charge on any atom is -0.374 e. The molecule has 0 amide bonds. The van der Waals surface area contributed by atoms with E-state index in [4.69, 9.17) is 0 Å². The number of hydrogen-bond donors (Lipinski definition) is 1. The van der Waals surface area contributed by atoms with Gasteiger partial charge in [0.05, 0.1) is 5.84 Å². The van der Waals surface area contributed by atoms with Crippen LogP contribution in [0.2, 0.25) is 0 Å². The lowest BCUT2D eigenvalue weighted by Gasteiger charge is -2.14. The van der Waals surface area contributed by atoms with Crippen LogP contribution in [0.1, 0.15) is 25.6 Å². The minimum atomic E-state index is 0.375. The van der Waals surface area contributed by atoms with Crippen molar-refractivity contribution in [2.24, 2.45) is 10.9 Å². The molecule has 16 heavy (non-hydrogen) atoms. The third-order valence-electron chi connectivity index (χ3n) is 2.75. The molecule has 1 aromatic heterocycles. The summed E-state index contributed by atoms with van der Waals surface area (Å²) in [4.78, 5) is 13.1. The van der Waals surface area contributed by atoms with Crippen molar-refractivity contribution in [1.82, 2.24) is 15.3 Å². The summed E-state index contributed by atoms with van der Waals surface area (Å²) >= 11 is 0. The van der Waals surface area contributed by atoms with E-state index >= 15 is 0 Å². The molecule has 86 valence electrons. The number of nitrogens with one attached hydrogen (secondary N) is 1. The fourth-order valence-electron chi connectivity index (χ4n) is 1.84. The third-order valence-corrected chi connectivity index (χ3v) is 2.75. The predicted molar refractivity (Wildman–Crippen MR) is 64.4 cm³/mol. The lowest BCUT2D eigenvalue weighted by Crippen LogP contribution is -2.30. The Morgan fingerprint density at radius 1 is 1.31 bits per heavy atom. The largest absolute Gasteiger partial charge is 0.374 e. The molecule has 0 spiro atoms. The van der Waals surface area contributed by atoms with Crippen molar-refractivity contribution in [2.45, 2.75) is 26.2 Å². The van der Waals surface area contributed by atoms with Gasteiger partial charge in [-0.3, -0.25) is 4.99 Å². The molecule has 4 nitrogen and oxygen atoms in total. The zero-order valence-corrected chi connectivity index (χ0v) is 9.69. The van der Waals surface area contributed by atoms with Gasteiger partial charge in [-0.05, 0) is 18.9 Å². The van der Waals surface area contributed by atoms with E-state index in [1.165, 1.54) is 12.8 Å². The fourth-order valence-corrected chi connectivity index (χ4v) is 1.84. The average molecular weight is 218 g/mol. The highest BCUT2D eigenvalue weighted by Gasteiger charge is 2.13.